The molecule has 0 aliphatic heterocycles. The van der Waals surface area contributed by atoms with E-state index in [1.54, 1.807) is 0 Å². The maximum absolute atomic E-state index is 5.86. The third-order valence-corrected chi connectivity index (χ3v) is 2.50. The van der Waals surface area contributed by atoms with Crippen molar-refractivity contribution in [3.05, 3.63) is 35.6 Å². The molecule has 1 unspecified atom stereocenters. The Balaban J connectivity index is 2.72. The van der Waals surface area contributed by atoms with Crippen LogP contribution in [0, 0.1) is 0 Å². The molecule has 0 radical (unpaired) electrons. The summed E-state index contributed by atoms with van der Waals surface area (Å²) in [6.07, 6.45) is 0.966. The van der Waals surface area contributed by atoms with Gasteiger partial charge in [-0.2, -0.15) is 0 Å². The predicted molar refractivity (Wildman–Crippen MR) is 58.2 cm³/mol. The fraction of sp³-hybridized carbons (Fsp3) is 0.333. The Labute approximate surface area is 83.7 Å². The molecule has 2 nitrogen and oxygen atoms in total. The van der Waals surface area contributed by atoms with Gasteiger partial charge in [0.1, 0.15) is 11.3 Å². The average molecular weight is 189 g/mol. The van der Waals surface area contributed by atoms with E-state index in [1.807, 2.05) is 25.1 Å². The molecule has 2 N–H and O–H groups in total. The minimum atomic E-state index is -0.0302. The van der Waals surface area contributed by atoms with E-state index in [-0.39, 0.29) is 6.04 Å². The lowest BCUT2D eigenvalue weighted by Gasteiger charge is -2.02. The molecule has 0 bridgehead atoms. The maximum Gasteiger partial charge on any atom is 0.134 e. The lowest BCUT2D eigenvalue weighted by molar-refractivity contribution is 0.507. The summed E-state index contributed by atoms with van der Waals surface area (Å²) in [5, 5.41) is 1.20. The molecule has 1 aromatic carbocycles. The van der Waals surface area contributed by atoms with Crippen LogP contribution in [0.25, 0.3) is 11.0 Å². The summed E-state index contributed by atoms with van der Waals surface area (Å²) in [7, 11) is 0. The van der Waals surface area contributed by atoms with Gasteiger partial charge in [-0.1, -0.05) is 25.1 Å². The summed E-state index contributed by atoms with van der Waals surface area (Å²) < 4.78 is 5.73. The molecule has 2 aromatic rings. The van der Waals surface area contributed by atoms with E-state index < -0.39 is 0 Å². The SMILES string of the molecule is CCc1c(C(C)N)oc2ccccc12. The van der Waals surface area contributed by atoms with Gasteiger partial charge in [0.25, 0.3) is 0 Å². The van der Waals surface area contributed by atoms with Crippen LogP contribution < -0.4 is 5.73 Å². The van der Waals surface area contributed by atoms with Crippen LogP contribution in [0.1, 0.15) is 31.2 Å². The van der Waals surface area contributed by atoms with Crippen LogP contribution in [0.15, 0.2) is 28.7 Å². The van der Waals surface area contributed by atoms with E-state index in [0.717, 1.165) is 17.8 Å². The van der Waals surface area contributed by atoms with Gasteiger partial charge < -0.3 is 10.2 Å². The molecule has 1 aromatic heterocycles. The molecular formula is C12H15NO. The second kappa shape index (κ2) is 3.46. The van der Waals surface area contributed by atoms with Crippen molar-refractivity contribution in [3.8, 4) is 0 Å². The number of aryl methyl sites for hydroxylation is 1. The molecule has 1 heterocycles. The summed E-state index contributed by atoms with van der Waals surface area (Å²) in [6, 6.07) is 8.06. The van der Waals surface area contributed by atoms with Crippen molar-refractivity contribution in [2.45, 2.75) is 26.3 Å². The molecule has 0 fully saturated rings. The van der Waals surface area contributed by atoms with Crippen LogP contribution in [-0.2, 0) is 6.42 Å². The number of para-hydroxylation sites is 1. The van der Waals surface area contributed by atoms with E-state index in [4.69, 9.17) is 10.2 Å². The first kappa shape index (κ1) is 9.28. The zero-order chi connectivity index (χ0) is 10.1. The van der Waals surface area contributed by atoms with Crippen molar-refractivity contribution in [1.29, 1.82) is 0 Å². The number of hydrogen-bond donors (Lipinski definition) is 1. The minimum absolute atomic E-state index is 0.0302. The van der Waals surface area contributed by atoms with Crippen molar-refractivity contribution in [2.24, 2.45) is 5.73 Å². The highest BCUT2D eigenvalue weighted by Crippen LogP contribution is 2.29. The molecule has 14 heavy (non-hydrogen) atoms. The van der Waals surface area contributed by atoms with Crippen LogP contribution in [-0.4, -0.2) is 0 Å². The summed E-state index contributed by atoms with van der Waals surface area (Å²) in [5.74, 6) is 0.925. The van der Waals surface area contributed by atoms with Gasteiger partial charge in [-0.25, -0.2) is 0 Å². The van der Waals surface area contributed by atoms with E-state index >= 15 is 0 Å². The van der Waals surface area contributed by atoms with Crippen molar-refractivity contribution in [3.63, 3.8) is 0 Å². The predicted octanol–water partition coefficient (Wildman–Crippen LogP) is 3.01. The van der Waals surface area contributed by atoms with Crippen LogP contribution in [0.4, 0.5) is 0 Å². The first-order chi connectivity index (χ1) is 6.74. The first-order valence-electron chi connectivity index (χ1n) is 5.00. The van der Waals surface area contributed by atoms with E-state index in [2.05, 4.69) is 13.0 Å². The molecule has 0 saturated heterocycles. The van der Waals surface area contributed by atoms with Gasteiger partial charge in [0.2, 0.25) is 0 Å². The highest BCUT2D eigenvalue weighted by molar-refractivity contribution is 5.82. The highest BCUT2D eigenvalue weighted by Gasteiger charge is 2.14. The lowest BCUT2D eigenvalue weighted by Crippen LogP contribution is -2.05. The molecule has 74 valence electrons. The van der Waals surface area contributed by atoms with Gasteiger partial charge in [-0.15, -0.1) is 0 Å². The number of nitrogens with two attached hydrogens (primary N) is 1. The molecule has 0 aliphatic rings. The fourth-order valence-electron chi connectivity index (χ4n) is 1.85. The molecule has 0 aliphatic carbocycles. The Morgan fingerprint density at radius 3 is 2.71 bits per heavy atom. The maximum atomic E-state index is 5.86. The number of furan rings is 1. The number of hydrogen-bond acceptors (Lipinski definition) is 2. The van der Waals surface area contributed by atoms with E-state index in [9.17, 15) is 0 Å². The second-order valence-corrected chi connectivity index (χ2v) is 3.58. The van der Waals surface area contributed by atoms with Gasteiger partial charge >= 0.3 is 0 Å². The molecule has 2 heteroatoms. The topological polar surface area (TPSA) is 39.2 Å². The van der Waals surface area contributed by atoms with E-state index in [1.165, 1.54) is 10.9 Å². The Morgan fingerprint density at radius 1 is 1.36 bits per heavy atom. The lowest BCUT2D eigenvalue weighted by atomic mass is 10.1. The molecular weight excluding hydrogens is 174 g/mol. The van der Waals surface area contributed by atoms with Gasteiger partial charge in [0, 0.05) is 10.9 Å². The Kier molecular flexibility index (Phi) is 2.30. The Morgan fingerprint density at radius 2 is 2.07 bits per heavy atom. The Bertz CT molecular complexity index is 443. The number of rotatable bonds is 2. The van der Waals surface area contributed by atoms with Crippen LogP contribution in [0.2, 0.25) is 0 Å². The summed E-state index contributed by atoms with van der Waals surface area (Å²) in [5.41, 5.74) is 8.05. The summed E-state index contributed by atoms with van der Waals surface area (Å²) in [4.78, 5) is 0. The minimum Gasteiger partial charge on any atom is -0.459 e. The largest absolute Gasteiger partial charge is 0.459 e. The molecule has 0 spiro atoms. The van der Waals surface area contributed by atoms with Gasteiger partial charge in [-0.3, -0.25) is 0 Å². The average Bonchev–Trinajstić information content (AvgIpc) is 2.56. The van der Waals surface area contributed by atoms with Crippen LogP contribution in [0.5, 0.6) is 0 Å². The zero-order valence-corrected chi connectivity index (χ0v) is 8.58. The Hall–Kier alpha value is -1.28. The van der Waals surface area contributed by atoms with Gasteiger partial charge in [-0.05, 0) is 19.4 Å². The first-order valence-corrected chi connectivity index (χ1v) is 5.00. The third kappa shape index (κ3) is 1.32. The molecule has 1 atom stereocenters. The molecule has 0 saturated carbocycles. The fourth-order valence-corrected chi connectivity index (χ4v) is 1.85. The monoisotopic (exact) mass is 189 g/mol. The van der Waals surface area contributed by atoms with Crippen LogP contribution >= 0.6 is 0 Å². The van der Waals surface area contributed by atoms with Crippen molar-refractivity contribution >= 4 is 11.0 Å². The van der Waals surface area contributed by atoms with Crippen LogP contribution in [0.3, 0.4) is 0 Å². The number of fused-ring (bicyclic) bond motifs is 1. The normalized spacial score (nSPS) is 13.4. The van der Waals surface area contributed by atoms with E-state index in [0.29, 0.717) is 0 Å². The highest BCUT2D eigenvalue weighted by atomic mass is 16.3. The quantitative estimate of drug-likeness (QED) is 0.788. The summed E-state index contributed by atoms with van der Waals surface area (Å²) >= 11 is 0. The van der Waals surface area contributed by atoms with Crippen molar-refractivity contribution in [1.82, 2.24) is 0 Å². The van der Waals surface area contributed by atoms with Gasteiger partial charge in [0.15, 0.2) is 0 Å². The second-order valence-electron chi connectivity index (χ2n) is 3.58. The summed E-state index contributed by atoms with van der Waals surface area (Å²) in [6.45, 7) is 4.08. The standard InChI is InChI=1S/C12H15NO/c1-3-9-10-6-4-5-7-11(10)14-12(9)8(2)13/h4-8H,3,13H2,1-2H3. The number of benzene rings is 1. The zero-order valence-electron chi connectivity index (χ0n) is 8.58. The van der Waals surface area contributed by atoms with Gasteiger partial charge in [0.05, 0.1) is 6.04 Å². The molecule has 0 amide bonds. The van der Waals surface area contributed by atoms with Crippen molar-refractivity contribution in [2.75, 3.05) is 0 Å². The molecule has 2 rings (SSSR count). The van der Waals surface area contributed by atoms with Crippen molar-refractivity contribution < 1.29 is 4.42 Å². The third-order valence-electron chi connectivity index (χ3n) is 2.50. The smallest absolute Gasteiger partial charge is 0.134 e.